The molecule has 8 heteroatoms. The van der Waals surface area contributed by atoms with Gasteiger partial charge in [0.15, 0.2) is 0 Å². The van der Waals surface area contributed by atoms with Gasteiger partial charge in [0, 0.05) is 37.7 Å². The number of hydrogen-bond acceptors (Lipinski definition) is 2. The van der Waals surface area contributed by atoms with E-state index < -0.39 is 23.7 Å². The van der Waals surface area contributed by atoms with Crippen LogP contribution in [0.3, 0.4) is 0 Å². The molecule has 2 N–H and O–H groups in total. The fourth-order valence-corrected chi connectivity index (χ4v) is 2.91. The van der Waals surface area contributed by atoms with Crippen LogP contribution in [-0.4, -0.2) is 8.42 Å². The van der Waals surface area contributed by atoms with Gasteiger partial charge >= 0.3 is 38.6 Å². The second kappa shape index (κ2) is 22.4. The van der Waals surface area contributed by atoms with E-state index in [1.807, 2.05) is 78.0 Å². The summed E-state index contributed by atoms with van der Waals surface area (Å²) < 4.78 is 16.6. The van der Waals surface area contributed by atoms with E-state index in [-0.39, 0.29) is 45.2 Å². The molecule has 0 saturated carbocycles. The fraction of sp³-hybridized carbons (Fsp3) is 0.208. The van der Waals surface area contributed by atoms with Crippen LogP contribution in [0.15, 0.2) is 78.9 Å². The predicted molar refractivity (Wildman–Crippen MR) is 129 cm³/mol. The summed E-state index contributed by atoms with van der Waals surface area (Å²) in [6.45, 7) is 6.38. The molecule has 176 valence electrons. The number of halogens is 1. The van der Waals surface area contributed by atoms with Crippen molar-refractivity contribution in [1.82, 2.24) is 0 Å². The summed E-state index contributed by atoms with van der Waals surface area (Å²) in [5.74, 6) is 0. The van der Waals surface area contributed by atoms with Crippen molar-refractivity contribution in [2.24, 2.45) is 0 Å². The van der Waals surface area contributed by atoms with E-state index in [9.17, 15) is 0 Å². The SMILES string of the molecule is Cc1cc(C)cc(C)c1.O=S=O.[Ar].[CH3-].[Cl][Ru+3].[NH-]C(c1ccccc1)C([NH-])c1ccccc1. The van der Waals surface area contributed by atoms with Gasteiger partial charge in [-0.05, 0) is 20.8 Å². The Balaban J connectivity index is -0.000000451. The molecule has 0 bridgehead atoms. The maximum Gasteiger partial charge on any atom is -0.0606 e. The maximum atomic E-state index is 8.29. The minimum atomic E-state index is -0.750. The van der Waals surface area contributed by atoms with Gasteiger partial charge in [-0.2, -0.15) is 8.42 Å². The Kier molecular flexibility index (Phi) is 25.3. The average Bonchev–Trinajstić information content (AvgIpc) is 2.75. The molecule has 0 spiro atoms. The van der Waals surface area contributed by atoms with Crippen LogP contribution in [0, 0.1) is 65.9 Å². The summed E-state index contributed by atoms with van der Waals surface area (Å²) in [4.78, 5) is 0. The van der Waals surface area contributed by atoms with Gasteiger partial charge in [-0.3, -0.25) is 0 Å². The van der Waals surface area contributed by atoms with Crippen molar-refractivity contribution in [3.8, 4) is 0 Å². The molecule has 0 heterocycles. The van der Waals surface area contributed by atoms with E-state index in [0.29, 0.717) is 0 Å². The predicted octanol–water partition coefficient (Wildman–Crippen LogP) is 7.65. The van der Waals surface area contributed by atoms with Crippen LogP contribution >= 0.6 is 9.69 Å². The molecule has 2 atom stereocenters. The molecule has 3 aromatic carbocycles. The van der Waals surface area contributed by atoms with Gasteiger partial charge in [-0.25, -0.2) is 0 Å². The topological polar surface area (TPSA) is 81.7 Å². The molecule has 32 heavy (non-hydrogen) atoms. The van der Waals surface area contributed by atoms with E-state index in [2.05, 4.69) is 48.7 Å². The van der Waals surface area contributed by atoms with Crippen LogP contribution in [0.25, 0.3) is 11.5 Å². The van der Waals surface area contributed by atoms with Gasteiger partial charge in [0.2, 0.25) is 0 Å². The van der Waals surface area contributed by atoms with Crippen LogP contribution in [0.2, 0.25) is 0 Å². The van der Waals surface area contributed by atoms with Gasteiger partial charge < -0.3 is 18.9 Å². The van der Waals surface area contributed by atoms with Crippen LogP contribution in [0.1, 0.15) is 39.9 Å². The molecule has 4 nitrogen and oxygen atoms in total. The normalized spacial score (nSPS) is 10.4. The second-order valence-electron chi connectivity index (χ2n) is 6.51. The van der Waals surface area contributed by atoms with E-state index in [0.717, 1.165) is 11.1 Å². The van der Waals surface area contributed by atoms with Gasteiger partial charge in [-0.15, -0.1) is 12.1 Å². The monoisotopic (exact) mass is 586 g/mol. The van der Waals surface area contributed by atoms with Crippen molar-refractivity contribution in [3.05, 3.63) is 126 Å². The smallest absolute Gasteiger partial charge is 0.0606 e. The number of aryl methyl sites for hydroxylation is 3. The molecule has 0 aromatic heterocycles. The van der Waals surface area contributed by atoms with E-state index in [1.165, 1.54) is 16.7 Å². The van der Waals surface area contributed by atoms with Crippen molar-refractivity contribution >= 4 is 21.3 Å². The molecule has 3 rings (SSSR count). The summed E-state index contributed by atoms with van der Waals surface area (Å²) in [5, 5.41) is 0. The van der Waals surface area contributed by atoms with E-state index in [4.69, 9.17) is 19.9 Å². The zero-order chi connectivity index (χ0) is 22.9. The molecule has 0 amide bonds. The summed E-state index contributed by atoms with van der Waals surface area (Å²) in [7, 11) is 4.57. The van der Waals surface area contributed by atoms with Crippen LogP contribution in [0.4, 0.5) is 0 Å². The average molecular weight is 586 g/mol. The minimum Gasteiger partial charge on any atom is -0.672 e. The Labute approximate surface area is 240 Å². The third-order valence-corrected chi connectivity index (χ3v) is 4.02. The summed E-state index contributed by atoms with van der Waals surface area (Å²) >= 11 is 1.07. The Morgan fingerprint density at radius 2 is 0.906 bits per heavy atom. The third kappa shape index (κ3) is 15.4. The third-order valence-electron chi connectivity index (χ3n) is 4.02. The molecule has 2 unspecified atom stereocenters. The maximum absolute atomic E-state index is 8.29. The Morgan fingerprint density at radius 1 is 0.688 bits per heavy atom. The standard InChI is InChI=1S/C14H14N2.C9H12.CH3.Ar.ClH.O2S.Ru/c15-13(11-7-3-1-4-8-11)14(16)12-9-5-2-6-10-12;1-7-4-8(2)6-9(3)5-7;;;;1-3-2;/h1-10,13-16H;4-6H,1-3H3;1H3;;1H;;/q-2;;-1;;;;+4/p-1. The Hall–Kier alpha value is -0.427. The first kappa shape index (κ1) is 36.1. The van der Waals surface area contributed by atoms with Crippen LogP contribution < -0.4 is 0 Å². The summed E-state index contributed by atoms with van der Waals surface area (Å²) in [6.07, 6.45) is 0. The molecule has 0 saturated heterocycles. The van der Waals surface area contributed by atoms with Gasteiger partial charge in [0.25, 0.3) is 0 Å². The number of benzene rings is 3. The van der Waals surface area contributed by atoms with Crippen molar-refractivity contribution in [3.63, 3.8) is 0 Å². The molecular weight excluding hydrogens is 557 g/mol. The van der Waals surface area contributed by atoms with E-state index in [1.54, 1.807) is 0 Å². The Morgan fingerprint density at radius 3 is 1.12 bits per heavy atom. The molecular formula is C24H29ArClN2O2RuS. The molecule has 0 fully saturated rings. The van der Waals surface area contributed by atoms with Crippen molar-refractivity contribution in [1.29, 1.82) is 0 Å². The summed E-state index contributed by atoms with van der Waals surface area (Å²) in [6, 6.07) is 24.6. The summed E-state index contributed by atoms with van der Waals surface area (Å²) in [5.41, 5.74) is 22.0. The van der Waals surface area contributed by atoms with Crippen LogP contribution in [0.5, 0.6) is 0 Å². The largest absolute Gasteiger partial charge is 0.672 e. The van der Waals surface area contributed by atoms with Gasteiger partial charge in [0.1, 0.15) is 0 Å². The zero-order valence-corrected chi connectivity index (χ0v) is 22.5. The molecule has 0 aliphatic rings. The number of hydrogen-bond donors (Lipinski definition) is 0. The van der Waals surface area contributed by atoms with Crippen molar-refractivity contribution in [2.45, 2.75) is 32.9 Å². The van der Waals surface area contributed by atoms with Crippen molar-refractivity contribution < 1.29 is 63.5 Å². The first-order valence-corrected chi connectivity index (χ1v) is 11.9. The van der Waals surface area contributed by atoms with Crippen LogP contribution in [-0.2, 0) is 28.9 Å². The Bertz CT molecular complexity index is 790. The van der Waals surface area contributed by atoms with E-state index >= 15 is 0 Å². The minimum absolute atomic E-state index is 0. The molecule has 0 aliphatic heterocycles. The molecule has 0 aliphatic carbocycles. The number of rotatable bonds is 3. The number of nitrogens with one attached hydrogen (secondary N) is 2. The van der Waals surface area contributed by atoms with Gasteiger partial charge in [-0.1, -0.05) is 107 Å². The molecule has 0 radical (unpaired) electrons. The quantitative estimate of drug-likeness (QED) is 0.234. The second-order valence-corrected chi connectivity index (χ2v) is 6.65. The fourth-order valence-electron chi connectivity index (χ4n) is 2.91. The van der Waals surface area contributed by atoms with Gasteiger partial charge in [0.05, 0.1) is 0 Å². The zero-order valence-electron chi connectivity index (χ0n) is 18.5. The first-order valence-electron chi connectivity index (χ1n) is 9.01. The molecule has 3 aromatic rings. The van der Waals surface area contributed by atoms with Crippen molar-refractivity contribution in [2.75, 3.05) is 0 Å². The first-order chi connectivity index (χ1) is 14.4.